The second kappa shape index (κ2) is 6.56. The van der Waals surface area contributed by atoms with E-state index in [4.69, 9.17) is 4.42 Å². The summed E-state index contributed by atoms with van der Waals surface area (Å²) in [4.78, 5) is 15.9. The second-order valence-corrected chi connectivity index (χ2v) is 6.50. The lowest BCUT2D eigenvalue weighted by Crippen LogP contribution is -2.12. The third-order valence-corrected chi connectivity index (χ3v) is 4.86. The first-order valence-corrected chi connectivity index (χ1v) is 8.75. The molecule has 1 aliphatic heterocycles. The van der Waals surface area contributed by atoms with Crippen molar-refractivity contribution in [2.24, 2.45) is 5.10 Å². The Morgan fingerprint density at radius 1 is 1.28 bits per heavy atom. The van der Waals surface area contributed by atoms with E-state index in [1.165, 1.54) is 12.1 Å². The highest BCUT2D eigenvalue weighted by Crippen LogP contribution is 2.34. The number of oxazole rings is 1. The highest BCUT2D eigenvalue weighted by Gasteiger charge is 2.15. The van der Waals surface area contributed by atoms with Crippen LogP contribution >= 0.6 is 11.8 Å². The van der Waals surface area contributed by atoms with E-state index < -0.39 is 4.92 Å². The number of nitrogens with zero attached hydrogens (tertiary/aromatic N) is 4. The third kappa shape index (κ3) is 3.20. The molecule has 126 valence electrons. The molecule has 1 aliphatic rings. The number of hydrogen-bond donors (Lipinski definition) is 0. The van der Waals surface area contributed by atoms with Gasteiger partial charge in [0.25, 0.3) is 5.69 Å². The fourth-order valence-corrected chi connectivity index (χ4v) is 3.55. The smallest absolute Gasteiger partial charge is 0.271 e. The maximum absolute atomic E-state index is 10.9. The van der Waals surface area contributed by atoms with Crippen LogP contribution < -0.4 is 5.01 Å². The molecule has 0 N–H and O–H groups in total. The van der Waals surface area contributed by atoms with Crippen LogP contribution in [0.25, 0.3) is 11.1 Å². The Bertz CT molecular complexity index is 969. The molecule has 2 aromatic carbocycles. The van der Waals surface area contributed by atoms with Gasteiger partial charge in [0.2, 0.25) is 5.89 Å². The van der Waals surface area contributed by atoms with Crippen molar-refractivity contribution < 1.29 is 9.34 Å². The standard InChI is InChI=1S/C17H14N4O3S/c22-21(23)12-6-7-15-13(10-12)19-17(24-15)11-25-16-5-2-1-4-14(16)20-9-3-8-18-20/h1-2,4-8,10H,3,9,11H2. The number of hydrogen-bond acceptors (Lipinski definition) is 7. The molecule has 0 bridgehead atoms. The van der Waals surface area contributed by atoms with Crippen LogP contribution in [0.15, 0.2) is 56.9 Å². The van der Waals surface area contributed by atoms with Gasteiger partial charge in [0.05, 0.1) is 16.4 Å². The molecule has 7 nitrogen and oxygen atoms in total. The summed E-state index contributed by atoms with van der Waals surface area (Å²) in [5.41, 5.74) is 2.13. The Kier molecular flexibility index (Phi) is 4.10. The van der Waals surface area contributed by atoms with Gasteiger partial charge < -0.3 is 4.42 Å². The third-order valence-electron chi connectivity index (χ3n) is 3.81. The molecule has 0 saturated carbocycles. The molecule has 0 saturated heterocycles. The minimum absolute atomic E-state index is 0.0113. The number of nitro benzene ring substituents is 1. The van der Waals surface area contributed by atoms with E-state index >= 15 is 0 Å². The van der Waals surface area contributed by atoms with Crippen LogP contribution in [0, 0.1) is 10.1 Å². The molecule has 0 unspecified atom stereocenters. The number of fused-ring (bicyclic) bond motifs is 1. The fourth-order valence-electron chi connectivity index (χ4n) is 2.65. The number of para-hydroxylation sites is 1. The Labute approximate surface area is 147 Å². The molecule has 0 aliphatic carbocycles. The Morgan fingerprint density at radius 3 is 2.96 bits per heavy atom. The summed E-state index contributed by atoms with van der Waals surface area (Å²) >= 11 is 1.61. The van der Waals surface area contributed by atoms with E-state index in [9.17, 15) is 10.1 Å². The lowest BCUT2D eigenvalue weighted by Gasteiger charge is -2.17. The number of non-ortho nitro benzene ring substituents is 1. The van der Waals surface area contributed by atoms with Gasteiger partial charge in [-0.15, -0.1) is 11.8 Å². The number of thioether (sulfide) groups is 1. The summed E-state index contributed by atoms with van der Waals surface area (Å²) in [6.07, 6.45) is 2.86. The Hall–Kier alpha value is -2.87. The summed E-state index contributed by atoms with van der Waals surface area (Å²) in [5, 5.41) is 17.2. The van der Waals surface area contributed by atoms with Crippen molar-refractivity contribution in [3.05, 3.63) is 58.5 Å². The molecule has 4 rings (SSSR count). The van der Waals surface area contributed by atoms with Gasteiger partial charge in [-0.1, -0.05) is 12.1 Å². The van der Waals surface area contributed by atoms with E-state index in [1.54, 1.807) is 17.8 Å². The van der Waals surface area contributed by atoms with E-state index in [2.05, 4.69) is 10.1 Å². The topological polar surface area (TPSA) is 84.8 Å². The summed E-state index contributed by atoms with van der Waals surface area (Å²) in [6, 6.07) is 12.5. The molecule has 0 atom stereocenters. The second-order valence-electron chi connectivity index (χ2n) is 5.48. The van der Waals surface area contributed by atoms with Crippen LogP contribution in [0.5, 0.6) is 0 Å². The summed E-state index contributed by atoms with van der Waals surface area (Å²) in [5.74, 6) is 1.08. The monoisotopic (exact) mass is 354 g/mol. The van der Waals surface area contributed by atoms with Crippen molar-refractivity contribution in [3.63, 3.8) is 0 Å². The number of rotatable bonds is 5. The molecule has 3 aromatic rings. The van der Waals surface area contributed by atoms with Crippen LogP contribution in [0.2, 0.25) is 0 Å². The maximum atomic E-state index is 10.9. The van der Waals surface area contributed by atoms with Crippen LogP contribution in [0.1, 0.15) is 12.3 Å². The quantitative estimate of drug-likeness (QED) is 0.387. The van der Waals surface area contributed by atoms with Gasteiger partial charge in [-0.05, 0) is 18.2 Å². The van der Waals surface area contributed by atoms with Crippen LogP contribution in [-0.4, -0.2) is 22.7 Å². The number of aromatic nitrogens is 1. The van der Waals surface area contributed by atoms with Gasteiger partial charge in [-0.25, -0.2) is 4.98 Å². The van der Waals surface area contributed by atoms with Gasteiger partial charge in [0, 0.05) is 36.2 Å². The first-order valence-electron chi connectivity index (χ1n) is 7.76. The van der Waals surface area contributed by atoms with Gasteiger partial charge in [0.15, 0.2) is 5.58 Å². The molecule has 0 spiro atoms. The van der Waals surface area contributed by atoms with Crippen molar-refractivity contribution in [2.75, 3.05) is 11.6 Å². The molecule has 2 heterocycles. The Morgan fingerprint density at radius 2 is 2.16 bits per heavy atom. The Balaban J connectivity index is 1.54. The van der Waals surface area contributed by atoms with Crippen LogP contribution in [0.4, 0.5) is 11.4 Å². The van der Waals surface area contributed by atoms with Crippen molar-refractivity contribution in [2.45, 2.75) is 17.1 Å². The molecule has 0 radical (unpaired) electrons. The first kappa shape index (κ1) is 15.6. The van der Waals surface area contributed by atoms with E-state index in [0.717, 1.165) is 23.5 Å². The largest absolute Gasteiger partial charge is 0.440 e. The van der Waals surface area contributed by atoms with Crippen molar-refractivity contribution >= 4 is 40.5 Å². The van der Waals surface area contributed by atoms with Crippen molar-refractivity contribution in [3.8, 4) is 0 Å². The number of benzene rings is 2. The molecule has 0 fully saturated rings. The number of anilines is 1. The van der Waals surface area contributed by atoms with E-state index in [-0.39, 0.29) is 5.69 Å². The van der Waals surface area contributed by atoms with Gasteiger partial charge in [-0.3, -0.25) is 15.1 Å². The minimum Gasteiger partial charge on any atom is -0.440 e. The summed E-state index contributed by atoms with van der Waals surface area (Å²) < 4.78 is 5.69. The zero-order chi connectivity index (χ0) is 17.2. The highest BCUT2D eigenvalue weighted by atomic mass is 32.2. The molecule has 25 heavy (non-hydrogen) atoms. The molecular formula is C17H14N4O3S. The van der Waals surface area contributed by atoms with E-state index in [0.29, 0.717) is 22.7 Å². The average molecular weight is 354 g/mol. The average Bonchev–Trinajstić information content (AvgIpc) is 3.28. The fraction of sp³-hybridized carbons (Fsp3) is 0.176. The molecule has 8 heteroatoms. The van der Waals surface area contributed by atoms with Gasteiger partial charge in [0.1, 0.15) is 5.52 Å². The maximum Gasteiger partial charge on any atom is 0.271 e. The van der Waals surface area contributed by atoms with E-state index in [1.807, 2.05) is 35.5 Å². The normalized spacial score (nSPS) is 13.7. The minimum atomic E-state index is -0.435. The van der Waals surface area contributed by atoms with Crippen molar-refractivity contribution in [1.29, 1.82) is 0 Å². The SMILES string of the molecule is O=[N+]([O-])c1ccc2oc(CSc3ccccc3N3CCC=N3)nc2c1. The summed E-state index contributed by atoms with van der Waals surface area (Å²) in [7, 11) is 0. The zero-order valence-electron chi connectivity index (χ0n) is 13.2. The predicted molar refractivity (Wildman–Crippen MR) is 97.1 cm³/mol. The molecule has 1 aromatic heterocycles. The number of hydrazone groups is 1. The lowest BCUT2D eigenvalue weighted by atomic mass is 10.3. The molecular weight excluding hydrogens is 340 g/mol. The van der Waals surface area contributed by atoms with Crippen LogP contribution in [-0.2, 0) is 5.75 Å². The zero-order valence-corrected chi connectivity index (χ0v) is 14.0. The van der Waals surface area contributed by atoms with Gasteiger partial charge in [-0.2, -0.15) is 5.10 Å². The van der Waals surface area contributed by atoms with Gasteiger partial charge >= 0.3 is 0 Å². The highest BCUT2D eigenvalue weighted by molar-refractivity contribution is 7.98. The lowest BCUT2D eigenvalue weighted by molar-refractivity contribution is -0.384. The predicted octanol–water partition coefficient (Wildman–Crippen LogP) is 4.22. The van der Waals surface area contributed by atoms with Crippen LogP contribution in [0.3, 0.4) is 0 Å². The summed E-state index contributed by atoms with van der Waals surface area (Å²) in [6.45, 7) is 0.879. The number of nitro groups is 1. The van der Waals surface area contributed by atoms with Crippen molar-refractivity contribution in [1.82, 2.24) is 4.98 Å². The first-order chi connectivity index (χ1) is 12.2. The molecule has 0 amide bonds.